The number of nitrogens with two attached hydrogens (primary N) is 2. The number of hydrogen-bond acceptors (Lipinski definition) is 1. The number of piperidine rings is 1. The average molecular weight is 398 g/mol. The van der Waals surface area contributed by atoms with E-state index in [0.717, 1.165) is 37.9 Å². The van der Waals surface area contributed by atoms with Gasteiger partial charge in [-0.15, -0.1) is 12.4 Å². The summed E-state index contributed by atoms with van der Waals surface area (Å²) in [5.41, 5.74) is 10.7. The van der Waals surface area contributed by atoms with E-state index >= 15 is 0 Å². The van der Waals surface area contributed by atoms with Gasteiger partial charge < -0.3 is 16.4 Å². The van der Waals surface area contributed by atoms with Crippen LogP contribution < -0.4 is 11.5 Å². The topological polar surface area (TPSA) is 80.0 Å². The first kappa shape index (κ1) is 21.4. The number of aliphatic imine (C=N–C) groups is 2. The number of guanidine groups is 2. The molecule has 1 fully saturated rings. The molecule has 1 heterocycles. The zero-order chi connectivity index (χ0) is 17.9. The van der Waals surface area contributed by atoms with Crippen molar-refractivity contribution in [1.29, 1.82) is 0 Å². The van der Waals surface area contributed by atoms with Crippen LogP contribution in [0.25, 0.3) is 0 Å². The number of alkyl halides is 3. The van der Waals surface area contributed by atoms with Crippen molar-refractivity contribution < 1.29 is 13.2 Å². The Balaban J connectivity index is 0.00000312. The van der Waals surface area contributed by atoms with Gasteiger partial charge in [-0.3, -0.25) is 0 Å². The molecule has 1 aromatic rings. The SMILES string of the molecule is CC1CCCCN1C(N)=NC(N)=Nc1ccc(Cl)c(C(F)(F)F)c1.Cl. The fourth-order valence-electron chi connectivity index (χ4n) is 2.58. The van der Waals surface area contributed by atoms with E-state index in [9.17, 15) is 13.2 Å². The van der Waals surface area contributed by atoms with Crippen molar-refractivity contribution >= 4 is 41.6 Å². The quantitative estimate of drug-likeness (QED) is 0.556. The smallest absolute Gasteiger partial charge is 0.369 e. The second-order valence-corrected chi connectivity index (χ2v) is 6.05. The zero-order valence-corrected chi connectivity index (χ0v) is 15.1. The van der Waals surface area contributed by atoms with Crippen LogP contribution in [0.2, 0.25) is 5.02 Å². The van der Waals surface area contributed by atoms with Crippen LogP contribution in [0.4, 0.5) is 18.9 Å². The molecular weight excluding hydrogens is 378 g/mol. The van der Waals surface area contributed by atoms with Crippen molar-refractivity contribution in [1.82, 2.24) is 4.90 Å². The molecule has 1 aromatic carbocycles. The maximum Gasteiger partial charge on any atom is 0.417 e. The maximum atomic E-state index is 12.8. The summed E-state index contributed by atoms with van der Waals surface area (Å²) < 4.78 is 38.5. The zero-order valence-electron chi connectivity index (χ0n) is 13.6. The molecule has 1 aliphatic heterocycles. The van der Waals surface area contributed by atoms with Gasteiger partial charge in [-0.25, -0.2) is 4.99 Å². The average Bonchev–Trinajstić information content (AvgIpc) is 2.48. The van der Waals surface area contributed by atoms with Crippen molar-refractivity contribution in [2.24, 2.45) is 21.5 Å². The van der Waals surface area contributed by atoms with Crippen molar-refractivity contribution in [2.75, 3.05) is 6.54 Å². The number of hydrogen-bond donors (Lipinski definition) is 2. The Bertz CT molecular complexity index is 661. The van der Waals surface area contributed by atoms with Crippen molar-refractivity contribution in [3.63, 3.8) is 0 Å². The Morgan fingerprint density at radius 2 is 1.96 bits per heavy atom. The fraction of sp³-hybridized carbons (Fsp3) is 0.467. The van der Waals surface area contributed by atoms with Gasteiger partial charge in [0.25, 0.3) is 0 Å². The summed E-state index contributed by atoms with van der Waals surface area (Å²) in [6.07, 6.45) is -1.44. The minimum atomic E-state index is -4.57. The molecule has 0 aliphatic carbocycles. The summed E-state index contributed by atoms with van der Waals surface area (Å²) in [6.45, 7) is 2.80. The van der Waals surface area contributed by atoms with Gasteiger partial charge >= 0.3 is 6.18 Å². The van der Waals surface area contributed by atoms with Gasteiger partial charge in [0.15, 0.2) is 5.96 Å². The first-order valence-electron chi connectivity index (χ1n) is 7.50. The molecular formula is C15H20Cl2F3N5. The molecule has 25 heavy (non-hydrogen) atoms. The van der Waals surface area contributed by atoms with E-state index < -0.39 is 16.8 Å². The highest BCUT2D eigenvalue weighted by Gasteiger charge is 2.33. The molecule has 0 spiro atoms. The minimum absolute atomic E-state index is 0. The van der Waals surface area contributed by atoms with Crippen molar-refractivity contribution in [3.05, 3.63) is 28.8 Å². The standard InChI is InChI=1S/C15H19ClF3N5.ClH/c1-9-4-2-3-7-24(9)14(21)23-13(20)22-10-5-6-12(16)11(8-10)15(17,18)19;/h5-6,8-9H,2-4,7H2,1H3,(H4,20,21,22,23);1H. The number of halogens is 5. The van der Waals surface area contributed by atoms with Gasteiger partial charge in [0.1, 0.15) is 0 Å². The molecule has 2 rings (SSSR count). The van der Waals surface area contributed by atoms with Crippen molar-refractivity contribution in [3.8, 4) is 0 Å². The van der Waals surface area contributed by atoms with Gasteiger partial charge in [-0.2, -0.15) is 18.2 Å². The van der Waals surface area contributed by atoms with Gasteiger partial charge in [0.05, 0.1) is 16.3 Å². The van der Waals surface area contributed by atoms with E-state index in [2.05, 4.69) is 9.98 Å². The normalized spacial score (nSPS) is 19.6. The Labute approximate surface area is 155 Å². The molecule has 5 nitrogen and oxygen atoms in total. The molecule has 140 valence electrons. The highest BCUT2D eigenvalue weighted by atomic mass is 35.5. The van der Waals surface area contributed by atoms with Crippen LogP contribution in [-0.2, 0) is 6.18 Å². The molecule has 0 amide bonds. The highest BCUT2D eigenvalue weighted by molar-refractivity contribution is 6.31. The summed E-state index contributed by atoms with van der Waals surface area (Å²) in [5, 5.41) is -0.398. The molecule has 0 aromatic heterocycles. The number of nitrogens with zero attached hydrogens (tertiary/aromatic N) is 3. The van der Waals surface area contributed by atoms with Gasteiger partial charge in [-0.1, -0.05) is 11.6 Å². The summed E-state index contributed by atoms with van der Waals surface area (Å²) in [5.74, 6) is 0.00850. The lowest BCUT2D eigenvalue weighted by Gasteiger charge is -2.34. The van der Waals surface area contributed by atoms with E-state index in [0.29, 0.717) is 0 Å². The number of rotatable bonds is 1. The summed E-state index contributed by atoms with van der Waals surface area (Å²) in [4.78, 5) is 9.78. The van der Waals surface area contributed by atoms with E-state index in [1.807, 2.05) is 11.8 Å². The lowest BCUT2D eigenvalue weighted by molar-refractivity contribution is -0.137. The Morgan fingerprint density at radius 1 is 1.28 bits per heavy atom. The number of likely N-dealkylation sites (tertiary alicyclic amines) is 1. The Morgan fingerprint density at radius 3 is 2.56 bits per heavy atom. The second kappa shape index (κ2) is 8.62. The first-order chi connectivity index (χ1) is 11.2. The number of benzene rings is 1. The third-order valence-corrected chi connectivity index (χ3v) is 4.15. The van der Waals surface area contributed by atoms with Crippen LogP contribution in [0.3, 0.4) is 0 Å². The molecule has 0 bridgehead atoms. The monoisotopic (exact) mass is 397 g/mol. The van der Waals surface area contributed by atoms with Crippen LogP contribution in [0.1, 0.15) is 31.7 Å². The van der Waals surface area contributed by atoms with Gasteiger partial charge in [0, 0.05) is 12.6 Å². The van der Waals surface area contributed by atoms with E-state index in [-0.39, 0.29) is 36.1 Å². The van der Waals surface area contributed by atoms with Crippen molar-refractivity contribution in [2.45, 2.75) is 38.4 Å². The summed E-state index contributed by atoms with van der Waals surface area (Å²) in [7, 11) is 0. The van der Waals surface area contributed by atoms with E-state index in [4.69, 9.17) is 23.1 Å². The third-order valence-electron chi connectivity index (χ3n) is 3.83. The fourth-order valence-corrected chi connectivity index (χ4v) is 2.80. The second-order valence-electron chi connectivity index (χ2n) is 5.64. The van der Waals surface area contributed by atoms with Crippen LogP contribution in [-0.4, -0.2) is 29.4 Å². The molecule has 4 N–H and O–H groups in total. The van der Waals surface area contributed by atoms with Gasteiger partial charge in [-0.05, 0) is 44.4 Å². The summed E-state index contributed by atoms with van der Waals surface area (Å²) in [6, 6.07) is 3.52. The Hall–Kier alpha value is -1.67. The van der Waals surface area contributed by atoms with E-state index in [1.54, 1.807) is 0 Å². The van der Waals surface area contributed by atoms with Crippen LogP contribution in [0, 0.1) is 0 Å². The minimum Gasteiger partial charge on any atom is -0.369 e. The molecule has 10 heteroatoms. The lowest BCUT2D eigenvalue weighted by Crippen LogP contribution is -2.46. The molecule has 1 aliphatic rings. The first-order valence-corrected chi connectivity index (χ1v) is 7.88. The highest BCUT2D eigenvalue weighted by Crippen LogP contribution is 2.36. The molecule has 0 saturated carbocycles. The maximum absolute atomic E-state index is 12.8. The largest absolute Gasteiger partial charge is 0.417 e. The molecule has 1 unspecified atom stereocenters. The van der Waals surface area contributed by atoms with Crippen LogP contribution in [0.15, 0.2) is 28.2 Å². The van der Waals surface area contributed by atoms with Crippen LogP contribution in [0.5, 0.6) is 0 Å². The predicted molar refractivity (Wildman–Crippen MR) is 96.6 cm³/mol. The Kier molecular flexibility index (Phi) is 7.37. The molecule has 1 atom stereocenters. The predicted octanol–water partition coefficient (Wildman–Crippen LogP) is 3.92. The summed E-state index contributed by atoms with van der Waals surface area (Å²) >= 11 is 5.57. The molecule has 0 radical (unpaired) electrons. The third kappa shape index (κ3) is 5.67. The van der Waals surface area contributed by atoms with Crippen LogP contribution >= 0.6 is 24.0 Å². The van der Waals surface area contributed by atoms with E-state index in [1.165, 1.54) is 6.07 Å². The van der Waals surface area contributed by atoms with Gasteiger partial charge in [0.2, 0.25) is 5.96 Å². The molecule has 1 saturated heterocycles. The lowest BCUT2D eigenvalue weighted by atomic mass is 10.0.